The molecule has 0 fully saturated rings. The van der Waals surface area contributed by atoms with Crippen LogP contribution in [0.25, 0.3) is 0 Å². The van der Waals surface area contributed by atoms with E-state index in [1.54, 1.807) is 24.3 Å². The van der Waals surface area contributed by atoms with Crippen molar-refractivity contribution >= 4 is 11.6 Å². The van der Waals surface area contributed by atoms with E-state index in [-0.39, 0.29) is 12.2 Å². The molecule has 1 atom stereocenters. The summed E-state index contributed by atoms with van der Waals surface area (Å²) in [5.74, 6) is 0.379. The third-order valence-electron chi connectivity index (χ3n) is 3.51. The van der Waals surface area contributed by atoms with Crippen molar-refractivity contribution in [1.82, 2.24) is 0 Å². The Balaban J connectivity index is 1.92. The predicted octanol–water partition coefficient (Wildman–Crippen LogP) is 3.69. The third kappa shape index (κ3) is 2.51. The number of rotatable bonds is 3. The highest BCUT2D eigenvalue weighted by molar-refractivity contribution is 6.30. The lowest BCUT2D eigenvalue weighted by Gasteiger charge is -2.15. The molecule has 2 aromatic carbocycles. The average Bonchev–Trinajstić information content (AvgIpc) is 2.88. The summed E-state index contributed by atoms with van der Waals surface area (Å²) >= 11 is 6.07. The lowest BCUT2D eigenvalue weighted by atomic mass is 9.98. The predicted molar refractivity (Wildman–Crippen MR) is 75.7 cm³/mol. The van der Waals surface area contributed by atoms with Crippen LogP contribution in [0.15, 0.2) is 36.4 Å². The van der Waals surface area contributed by atoms with Gasteiger partial charge in [0.25, 0.3) is 0 Å². The first kappa shape index (κ1) is 13.4. The first-order chi connectivity index (χ1) is 9.65. The van der Waals surface area contributed by atoms with E-state index in [4.69, 9.17) is 16.3 Å². The molecule has 4 heteroatoms. The third-order valence-corrected chi connectivity index (χ3v) is 3.73. The summed E-state index contributed by atoms with van der Waals surface area (Å²) in [7, 11) is 0. The maximum absolute atomic E-state index is 13.7. The Morgan fingerprint density at radius 3 is 2.90 bits per heavy atom. The number of ether oxygens (including phenoxy) is 1. The molecule has 0 spiro atoms. The summed E-state index contributed by atoms with van der Waals surface area (Å²) in [4.78, 5) is 0. The number of aliphatic hydroxyl groups excluding tert-OH is 1. The highest BCUT2D eigenvalue weighted by atomic mass is 35.5. The standard InChI is InChI=1S/C16H14ClFO2/c17-12-7-11-5-6-20-16(11)13(9-12)15(19)8-10-3-1-2-4-14(10)18/h1-4,7,9,15,19H,5-6,8H2. The van der Waals surface area contributed by atoms with Gasteiger partial charge in [-0.3, -0.25) is 0 Å². The summed E-state index contributed by atoms with van der Waals surface area (Å²) < 4.78 is 19.2. The molecular weight excluding hydrogens is 279 g/mol. The molecule has 1 aliphatic heterocycles. The van der Waals surface area contributed by atoms with E-state index in [0.717, 1.165) is 12.0 Å². The molecule has 2 aromatic rings. The van der Waals surface area contributed by atoms with Gasteiger partial charge in [0.2, 0.25) is 0 Å². The lowest BCUT2D eigenvalue weighted by Crippen LogP contribution is -2.05. The van der Waals surface area contributed by atoms with Gasteiger partial charge in [0, 0.05) is 23.4 Å². The van der Waals surface area contributed by atoms with Crippen molar-refractivity contribution in [3.63, 3.8) is 0 Å². The Hall–Kier alpha value is -1.58. The highest BCUT2D eigenvalue weighted by Crippen LogP contribution is 2.37. The summed E-state index contributed by atoms with van der Waals surface area (Å²) in [5.41, 5.74) is 2.11. The van der Waals surface area contributed by atoms with E-state index in [2.05, 4.69) is 0 Å². The molecule has 1 unspecified atom stereocenters. The maximum atomic E-state index is 13.7. The smallest absolute Gasteiger partial charge is 0.128 e. The quantitative estimate of drug-likeness (QED) is 0.935. The Kier molecular flexibility index (Phi) is 3.64. The molecule has 0 aromatic heterocycles. The van der Waals surface area contributed by atoms with Crippen LogP contribution in [0, 0.1) is 5.82 Å². The zero-order chi connectivity index (χ0) is 14.1. The number of benzene rings is 2. The Morgan fingerprint density at radius 1 is 1.30 bits per heavy atom. The topological polar surface area (TPSA) is 29.5 Å². The summed E-state index contributed by atoms with van der Waals surface area (Å²) in [6.45, 7) is 0.592. The van der Waals surface area contributed by atoms with Gasteiger partial charge in [0.05, 0.1) is 12.7 Å². The zero-order valence-electron chi connectivity index (χ0n) is 10.8. The Labute approximate surface area is 121 Å². The Bertz CT molecular complexity index is 642. The fourth-order valence-corrected chi connectivity index (χ4v) is 2.78. The molecule has 0 saturated heterocycles. The van der Waals surface area contributed by atoms with Gasteiger partial charge in [-0.1, -0.05) is 29.8 Å². The molecule has 0 bridgehead atoms. The van der Waals surface area contributed by atoms with Gasteiger partial charge in [-0.2, -0.15) is 0 Å². The van der Waals surface area contributed by atoms with Crippen LogP contribution in [0.5, 0.6) is 5.75 Å². The van der Waals surface area contributed by atoms with E-state index in [0.29, 0.717) is 28.5 Å². The number of hydrogen-bond acceptors (Lipinski definition) is 2. The van der Waals surface area contributed by atoms with Gasteiger partial charge in [0.1, 0.15) is 11.6 Å². The van der Waals surface area contributed by atoms with Crippen LogP contribution in [0.4, 0.5) is 4.39 Å². The van der Waals surface area contributed by atoms with Crippen LogP contribution < -0.4 is 4.74 Å². The van der Waals surface area contributed by atoms with Crippen LogP contribution >= 0.6 is 11.6 Å². The van der Waals surface area contributed by atoms with E-state index < -0.39 is 6.10 Å². The van der Waals surface area contributed by atoms with Crippen molar-refractivity contribution in [1.29, 1.82) is 0 Å². The van der Waals surface area contributed by atoms with Gasteiger partial charge >= 0.3 is 0 Å². The van der Waals surface area contributed by atoms with Crippen LogP contribution in [0.3, 0.4) is 0 Å². The molecule has 104 valence electrons. The summed E-state index contributed by atoms with van der Waals surface area (Å²) in [5, 5.41) is 10.9. The maximum Gasteiger partial charge on any atom is 0.128 e. The molecule has 3 rings (SSSR count). The second-order valence-electron chi connectivity index (χ2n) is 4.89. The molecule has 20 heavy (non-hydrogen) atoms. The molecule has 2 nitrogen and oxygen atoms in total. The van der Waals surface area contributed by atoms with Gasteiger partial charge in [-0.25, -0.2) is 4.39 Å². The molecule has 0 aliphatic carbocycles. The van der Waals surface area contributed by atoms with Gasteiger partial charge < -0.3 is 9.84 Å². The lowest BCUT2D eigenvalue weighted by molar-refractivity contribution is 0.172. The largest absolute Gasteiger partial charge is 0.493 e. The van der Waals surface area contributed by atoms with Gasteiger partial charge in [-0.05, 0) is 29.3 Å². The zero-order valence-corrected chi connectivity index (χ0v) is 11.5. The number of halogens is 2. The van der Waals surface area contributed by atoms with Gasteiger partial charge in [0.15, 0.2) is 0 Å². The summed E-state index contributed by atoms with van der Waals surface area (Å²) in [6.07, 6.45) is 0.149. The second-order valence-corrected chi connectivity index (χ2v) is 5.33. The van der Waals surface area contributed by atoms with E-state index in [9.17, 15) is 9.50 Å². The van der Waals surface area contributed by atoms with E-state index in [1.165, 1.54) is 6.07 Å². The number of hydrogen-bond donors (Lipinski definition) is 1. The highest BCUT2D eigenvalue weighted by Gasteiger charge is 2.23. The minimum absolute atomic E-state index is 0.197. The number of aliphatic hydroxyl groups is 1. The molecule has 1 heterocycles. The Morgan fingerprint density at radius 2 is 2.10 bits per heavy atom. The van der Waals surface area contributed by atoms with Crippen molar-refractivity contribution in [2.45, 2.75) is 18.9 Å². The number of fused-ring (bicyclic) bond motifs is 1. The van der Waals surface area contributed by atoms with Crippen molar-refractivity contribution in [2.24, 2.45) is 0 Å². The fourth-order valence-electron chi connectivity index (χ4n) is 2.53. The molecule has 1 aliphatic rings. The average molecular weight is 293 g/mol. The fraction of sp³-hybridized carbons (Fsp3) is 0.250. The van der Waals surface area contributed by atoms with Crippen molar-refractivity contribution in [3.8, 4) is 5.75 Å². The molecule has 0 radical (unpaired) electrons. The first-order valence-corrected chi connectivity index (χ1v) is 6.89. The second kappa shape index (κ2) is 5.43. The van der Waals surface area contributed by atoms with Gasteiger partial charge in [-0.15, -0.1) is 0 Å². The van der Waals surface area contributed by atoms with Crippen LogP contribution in [0.1, 0.15) is 22.8 Å². The van der Waals surface area contributed by atoms with Crippen LogP contribution in [-0.4, -0.2) is 11.7 Å². The summed E-state index contributed by atoms with van der Waals surface area (Å²) in [6, 6.07) is 9.99. The van der Waals surface area contributed by atoms with Crippen molar-refractivity contribution in [2.75, 3.05) is 6.61 Å². The molecule has 0 saturated carbocycles. The normalized spacial score (nSPS) is 14.8. The first-order valence-electron chi connectivity index (χ1n) is 6.52. The molecular formula is C16H14ClFO2. The van der Waals surface area contributed by atoms with Crippen molar-refractivity contribution in [3.05, 3.63) is 63.9 Å². The van der Waals surface area contributed by atoms with E-state index >= 15 is 0 Å². The van der Waals surface area contributed by atoms with E-state index in [1.807, 2.05) is 6.07 Å². The minimum Gasteiger partial charge on any atom is -0.493 e. The molecule has 1 N–H and O–H groups in total. The van der Waals surface area contributed by atoms with Crippen LogP contribution in [-0.2, 0) is 12.8 Å². The SMILES string of the molecule is OC(Cc1ccccc1F)c1cc(Cl)cc2c1OCC2. The van der Waals surface area contributed by atoms with Crippen LogP contribution in [0.2, 0.25) is 5.02 Å². The minimum atomic E-state index is -0.836. The molecule has 0 amide bonds. The monoisotopic (exact) mass is 292 g/mol. The van der Waals surface area contributed by atoms with Crippen molar-refractivity contribution < 1.29 is 14.2 Å².